The van der Waals surface area contributed by atoms with E-state index in [2.05, 4.69) is 10.3 Å². The maximum Gasteiger partial charge on any atom is 0.271 e. The molecule has 2 aromatic carbocycles. The number of fused-ring (bicyclic) bond motifs is 3. The van der Waals surface area contributed by atoms with Crippen LogP contribution in [-0.4, -0.2) is 15.5 Å². The van der Waals surface area contributed by atoms with E-state index in [4.69, 9.17) is 11.6 Å². The summed E-state index contributed by atoms with van der Waals surface area (Å²) in [5, 5.41) is 3.43. The van der Waals surface area contributed by atoms with Crippen molar-refractivity contribution in [3.8, 4) is 0 Å². The number of carbonyl (C=O) groups is 1. The molecule has 0 spiro atoms. The van der Waals surface area contributed by atoms with Gasteiger partial charge >= 0.3 is 0 Å². The molecule has 0 bridgehead atoms. The van der Waals surface area contributed by atoms with Gasteiger partial charge in [0.15, 0.2) is 0 Å². The summed E-state index contributed by atoms with van der Waals surface area (Å²) in [6, 6.07) is 9.93. The van der Waals surface area contributed by atoms with Gasteiger partial charge in [-0.15, -0.1) is 11.3 Å². The number of carbonyl (C=O) groups excluding carboxylic acids is 1. The maximum absolute atomic E-state index is 14.1. The molecular formula is C19H13ClFN3O2S. The molecule has 1 N–H and O–H groups in total. The van der Waals surface area contributed by atoms with Crippen LogP contribution in [0.2, 0.25) is 5.02 Å². The van der Waals surface area contributed by atoms with Gasteiger partial charge in [0.25, 0.3) is 5.56 Å². The molecule has 136 valence electrons. The van der Waals surface area contributed by atoms with Gasteiger partial charge in [0.05, 0.1) is 27.9 Å². The lowest BCUT2D eigenvalue weighted by molar-refractivity contribution is -0.116. The largest absolute Gasteiger partial charge is 0.323 e. The third kappa shape index (κ3) is 3.20. The van der Waals surface area contributed by atoms with Crippen LogP contribution in [0.3, 0.4) is 0 Å². The normalized spacial score (nSPS) is 11.2. The Balaban J connectivity index is 1.67. The van der Waals surface area contributed by atoms with Crippen molar-refractivity contribution in [2.24, 2.45) is 0 Å². The van der Waals surface area contributed by atoms with E-state index in [1.54, 1.807) is 24.3 Å². The fraction of sp³-hybridized carbons (Fsp3) is 0.105. The van der Waals surface area contributed by atoms with E-state index < -0.39 is 11.7 Å². The van der Waals surface area contributed by atoms with E-state index in [1.807, 2.05) is 13.0 Å². The third-order valence-electron chi connectivity index (χ3n) is 4.13. The summed E-state index contributed by atoms with van der Waals surface area (Å²) in [4.78, 5) is 29.2. The minimum absolute atomic E-state index is 0.220. The first-order valence-corrected chi connectivity index (χ1v) is 9.25. The predicted molar refractivity (Wildman–Crippen MR) is 106 cm³/mol. The molecule has 0 radical (unpaired) electrons. The van der Waals surface area contributed by atoms with Crippen molar-refractivity contribution in [2.45, 2.75) is 13.5 Å². The highest BCUT2D eigenvalue weighted by Crippen LogP contribution is 2.31. The van der Waals surface area contributed by atoms with Crippen LogP contribution in [0.25, 0.3) is 20.3 Å². The van der Waals surface area contributed by atoms with Crippen LogP contribution >= 0.6 is 22.9 Å². The molecule has 4 aromatic rings. The zero-order valence-corrected chi connectivity index (χ0v) is 15.7. The lowest BCUT2D eigenvalue weighted by atomic mass is 10.2. The molecule has 0 atom stereocenters. The Labute approximate surface area is 162 Å². The smallest absolute Gasteiger partial charge is 0.271 e. The Morgan fingerprint density at radius 3 is 2.93 bits per heavy atom. The number of thiophene rings is 1. The second-order valence-corrected chi connectivity index (χ2v) is 7.56. The zero-order chi connectivity index (χ0) is 19.1. The highest BCUT2D eigenvalue weighted by Gasteiger charge is 2.16. The van der Waals surface area contributed by atoms with Gasteiger partial charge in [-0.1, -0.05) is 23.7 Å². The SMILES string of the molecule is Cc1ccc(NC(=O)Cn2cnc3c(sc4cccc(F)c43)c2=O)c(Cl)c1. The predicted octanol–water partition coefficient (Wildman–Crippen LogP) is 4.35. The number of anilines is 1. The average molecular weight is 402 g/mol. The second-order valence-electron chi connectivity index (χ2n) is 6.10. The molecule has 0 unspecified atom stereocenters. The van der Waals surface area contributed by atoms with Crippen LogP contribution in [0, 0.1) is 12.7 Å². The molecule has 0 aliphatic heterocycles. The van der Waals surface area contributed by atoms with E-state index in [1.165, 1.54) is 17.0 Å². The second kappa shape index (κ2) is 6.75. The highest BCUT2D eigenvalue weighted by atomic mass is 35.5. The standard InChI is InChI=1S/C19H13ClFN3O2S/c1-10-5-6-13(11(20)7-10)23-15(25)8-24-9-22-17-16-12(21)3-2-4-14(16)27-18(17)19(24)26/h2-7,9H,8H2,1H3,(H,23,25). The molecule has 0 aliphatic carbocycles. The molecular weight excluding hydrogens is 389 g/mol. The highest BCUT2D eigenvalue weighted by molar-refractivity contribution is 7.25. The molecule has 0 fully saturated rings. The number of benzene rings is 2. The first-order valence-electron chi connectivity index (χ1n) is 8.06. The van der Waals surface area contributed by atoms with Gasteiger partial charge in [-0.25, -0.2) is 9.37 Å². The van der Waals surface area contributed by atoms with Crippen LogP contribution in [0.5, 0.6) is 0 Å². The lowest BCUT2D eigenvalue weighted by Gasteiger charge is -2.09. The van der Waals surface area contributed by atoms with Crippen molar-refractivity contribution in [3.63, 3.8) is 0 Å². The van der Waals surface area contributed by atoms with Crippen molar-refractivity contribution in [1.29, 1.82) is 0 Å². The van der Waals surface area contributed by atoms with Crippen molar-refractivity contribution in [2.75, 3.05) is 5.32 Å². The summed E-state index contributed by atoms with van der Waals surface area (Å²) in [7, 11) is 0. The Hall–Kier alpha value is -2.77. The summed E-state index contributed by atoms with van der Waals surface area (Å²) in [5.74, 6) is -0.827. The Morgan fingerprint density at radius 2 is 2.15 bits per heavy atom. The minimum atomic E-state index is -0.421. The number of aromatic nitrogens is 2. The molecule has 2 aromatic heterocycles. The number of aryl methyl sites for hydroxylation is 1. The van der Waals surface area contributed by atoms with Crippen molar-refractivity contribution in [1.82, 2.24) is 9.55 Å². The van der Waals surface area contributed by atoms with Gasteiger partial charge in [0.1, 0.15) is 17.1 Å². The van der Waals surface area contributed by atoms with Crippen LogP contribution < -0.4 is 10.9 Å². The number of nitrogens with zero attached hydrogens (tertiary/aromatic N) is 2. The maximum atomic E-state index is 14.1. The molecule has 0 aliphatic rings. The van der Waals surface area contributed by atoms with E-state index in [0.29, 0.717) is 31.0 Å². The van der Waals surface area contributed by atoms with Crippen LogP contribution in [0.1, 0.15) is 5.56 Å². The molecule has 4 rings (SSSR count). The fourth-order valence-corrected chi connectivity index (χ4v) is 4.25. The van der Waals surface area contributed by atoms with Crippen molar-refractivity contribution < 1.29 is 9.18 Å². The molecule has 8 heteroatoms. The van der Waals surface area contributed by atoms with Gasteiger partial charge in [-0.05, 0) is 36.8 Å². The Bertz CT molecular complexity index is 1270. The zero-order valence-electron chi connectivity index (χ0n) is 14.1. The Kier molecular flexibility index (Phi) is 4.41. The molecule has 0 saturated heterocycles. The average Bonchev–Trinajstić information content (AvgIpc) is 3.01. The van der Waals surface area contributed by atoms with E-state index in [0.717, 1.165) is 16.9 Å². The number of nitrogens with one attached hydrogen (secondary N) is 1. The summed E-state index contributed by atoms with van der Waals surface area (Å²) in [5.41, 5.74) is 1.38. The van der Waals surface area contributed by atoms with Crippen LogP contribution in [0.4, 0.5) is 10.1 Å². The van der Waals surface area contributed by atoms with Crippen LogP contribution in [-0.2, 0) is 11.3 Å². The van der Waals surface area contributed by atoms with E-state index in [-0.39, 0.29) is 12.1 Å². The van der Waals surface area contributed by atoms with Gasteiger partial charge in [0, 0.05) is 4.70 Å². The first-order chi connectivity index (χ1) is 12.9. The molecule has 27 heavy (non-hydrogen) atoms. The number of hydrogen-bond acceptors (Lipinski definition) is 4. The van der Waals surface area contributed by atoms with Gasteiger partial charge in [0.2, 0.25) is 5.91 Å². The monoisotopic (exact) mass is 401 g/mol. The van der Waals surface area contributed by atoms with Crippen molar-refractivity contribution in [3.05, 3.63) is 69.5 Å². The number of hydrogen-bond donors (Lipinski definition) is 1. The first kappa shape index (κ1) is 17.6. The minimum Gasteiger partial charge on any atom is -0.323 e. The van der Waals surface area contributed by atoms with E-state index >= 15 is 0 Å². The molecule has 5 nitrogen and oxygen atoms in total. The topological polar surface area (TPSA) is 64.0 Å². The third-order valence-corrected chi connectivity index (χ3v) is 5.58. The molecule has 1 amide bonds. The Morgan fingerprint density at radius 1 is 1.33 bits per heavy atom. The molecule has 0 saturated carbocycles. The molecule has 2 heterocycles. The summed E-state index contributed by atoms with van der Waals surface area (Å²) >= 11 is 7.28. The lowest BCUT2D eigenvalue weighted by Crippen LogP contribution is -2.27. The van der Waals surface area contributed by atoms with Crippen LogP contribution in [0.15, 0.2) is 47.5 Å². The quantitative estimate of drug-likeness (QED) is 0.555. The summed E-state index contributed by atoms with van der Waals surface area (Å²) in [6.45, 7) is 1.68. The summed E-state index contributed by atoms with van der Waals surface area (Å²) in [6.07, 6.45) is 1.26. The number of amides is 1. The fourth-order valence-electron chi connectivity index (χ4n) is 2.85. The number of halogens is 2. The van der Waals surface area contributed by atoms with Gasteiger partial charge in [-0.3, -0.25) is 14.2 Å². The summed E-state index contributed by atoms with van der Waals surface area (Å²) < 4.78 is 16.2. The number of rotatable bonds is 3. The van der Waals surface area contributed by atoms with E-state index in [9.17, 15) is 14.0 Å². The van der Waals surface area contributed by atoms with Gasteiger partial charge < -0.3 is 5.32 Å². The van der Waals surface area contributed by atoms with Crippen molar-refractivity contribution >= 4 is 54.8 Å². The van der Waals surface area contributed by atoms with Gasteiger partial charge in [-0.2, -0.15) is 0 Å².